The summed E-state index contributed by atoms with van der Waals surface area (Å²) in [4.78, 5) is 0. The molecule has 2 aromatic carbocycles. The molecule has 2 aromatic rings. The fourth-order valence-corrected chi connectivity index (χ4v) is 2.86. The SMILES string of the molecule is CC1(C)c2ccccc2-c2cc(OBO)ccc21. The van der Waals surface area contributed by atoms with Crippen molar-refractivity contribution >= 4 is 7.69 Å². The summed E-state index contributed by atoms with van der Waals surface area (Å²) in [5.41, 5.74) is 5.17. The van der Waals surface area contributed by atoms with E-state index in [4.69, 9.17) is 9.68 Å². The molecule has 0 bridgehead atoms. The molecular formula is C15H15BO2. The third-order valence-electron chi connectivity index (χ3n) is 3.79. The van der Waals surface area contributed by atoms with E-state index in [2.05, 4.69) is 44.2 Å². The van der Waals surface area contributed by atoms with E-state index in [9.17, 15) is 0 Å². The Balaban J connectivity index is 2.23. The van der Waals surface area contributed by atoms with Crippen molar-refractivity contribution in [1.82, 2.24) is 0 Å². The first-order valence-electron chi connectivity index (χ1n) is 6.12. The van der Waals surface area contributed by atoms with Gasteiger partial charge in [-0.15, -0.1) is 0 Å². The van der Waals surface area contributed by atoms with Crippen molar-refractivity contribution in [2.75, 3.05) is 0 Å². The van der Waals surface area contributed by atoms with Gasteiger partial charge in [0, 0.05) is 5.41 Å². The topological polar surface area (TPSA) is 29.5 Å². The Morgan fingerprint density at radius 3 is 2.50 bits per heavy atom. The van der Waals surface area contributed by atoms with Crippen molar-refractivity contribution in [1.29, 1.82) is 0 Å². The second-order valence-corrected chi connectivity index (χ2v) is 5.15. The maximum atomic E-state index is 8.84. The van der Waals surface area contributed by atoms with Crippen LogP contribution in [0, 0.1) is 0 Å². The molecule has 90 valence electrons. The molecule has 0 saturated carbocycles. The van der Waals surface area contributed by atoms with Gasteiger partial charge in [0.1, 0.15) is 5.75 Å². The highest BCUT2D eigenvalue weighted by atomic mass is 16.5. The zero-order valence-electron chi connectivity index (χ0n) is 10.6. The van der Waals surface area contributed by atoms with Gasteiger partial charge in [-0.1, -0.05) is 44.2 Å². The first-order valence-corrected chi connectivity index (χ1v) is 6.12. The van der Waals surface area contributed by atoms with Crippen LogP contribution in [0.2, 0.25) is 0 Å². The number of fused-ring (bicyclic) bond motifs is 3. The molecule has 0 unspecified atom stereocenters. The van der Waals surface area contributed by atoms with E-state index in [1.807, 2.05) is 12.1 Å². The molecule has 0 aliphatic heterocycles. The molecule has 0 spiro atoms. The molecule has 0 atom stereocenters. The van der Waals surface area contributed by atoms with Crippen LogP contribution >= 0.6 is 0 Å². The van der Waals surface area contributed by atoms with Crippen LogP contribution in [0.4, 0.5) is 0 Å². The van der Waals surface area contributed by atoms with E-state index in [1.54, 1.807) is 0 Å². The third-order valence-corrected chi connectivity index (χ3v) is 3.79. The standard InChI is InChI=1S/C15H15BO2/c1-15(2)13-6-4-3-5-11(13)12-9-10(18-16-17)7-8-14(12)15/h3-9,16-17H,1-2H3. The molecule has 0 amide bonds. The van der Waals surface area contributed by atoms with E-state index in [-0.39, 0.29) is 13.1 Å². The Bertz CT molecular complexity index is 605. The first kappa shape index (κ1) is 11.4. The van der Waals surface area contributed by atoms with Gasteiger partial charge in [-0.05, 0) is 34.4 Å². The summed E-state index contributed by atoms with van der Waals surface area (Å²) in [7, 11) is -0.288. The molecule has 0 radical (unpaired) electrons. The van der Waals surface area contributed by atoms with Gasteiger partial charge in [-0.3, -0.25) is 0 Å². The van der Waals surface area contributed by atoms with Gasteiger partial charge >= 0.3 is 7.69 Å². The minimum Gasteiger partial charge on any atom is -0.539 e. The number of benzene rings is 2. The van der Waals surface area contributed by atoms with Gasteiger partial charge < -0.3 is 9.68 Å². The molecule has 1 aliphatic carbocycles. The summed E-state index contributed by atoms with van der Waals surface area (Å²) in [5, 5.41) is 8.84. The Labute approximate surface area is 108 Å². The fraction of sp³-hybridized carbons (Fsp3) is 0.200. The largest absolute Gasteiger partial charge is 0.539 e. The minimum atomic E-state index is -0.288. The van der Waals surface area contributed by atoms with Crippen molar-refractivity contribution in [3.05, 3.63) is 53.6 Å². The lowest BCUT2D eigenvalue weighted by Crippen LogP contribution is -2.14. The lowest BCUT2D eigenvalue weighted by atomic mass is 9.82. The smallest absolute Gasteiger partial charge is 0.504 e. The highest BCUT2D eigenvalue weighted by molar-refractivity contribution is 6.17. The van der Waals surface area contributed by atoms with Crippen molar-refractivity contribution in [3.8, 4) is 16.9 Å². The lowest BCUT2D eigenvalue weighted by molar-refractivity contribution is 0.454. The number of hydrogen-bond acceptors (Lipinski definition) is 2. The van der Waals surface area contributed by atoms with Gasteiger partial charge in [0.05, 0.1) is 0 Å². The van der Waals surface area contributed by atoms with Crippen LogP contribution in [0.15, 0.2) is 42.5 Å². The van der Waals surface area contributed by atoms with E-state index in [0.717, 1.165) is 0 Å². The van der Waals surface area contributed by atoms with Gasteiger partial charge in [0.15, 0.2) is 0 Å². The summed E-state index contributed by atoms with van der Waals surface area (Å²) >= 11 is 0. The Morgan fingerprint density at radius 2 is 1.72 bits per heavy atom. The van der Waals surface area contributed by atoms with Gasteiger partial charge in [-0.2, -0.15) is 0 Å². The summed E-state index contributed by atoms with van der Waals surface area (Å²) in [5.74, 6) is 0.712. The molecular weight excluding hydrogens is 223 g/mol. The van der Waals surface area contributed by atoms with Crippen LogP contribution in [0.3, 0.4) is 0 Å². The monoisotopic (exact) mass is 238 g/mol. The average Bonchev–Trinajstić information content (AvgIpc) is 2.60. The van der Waals surface area contributed by atoms with Crippen LogP contribution in [0.25, 0.3) is 11.1 Å². The molecule has 1 N–H and O–H groups in total. The number of hydrogen-bond donors (Lipinski definition) is 1. The summed E-state index contributed by atoms with van der Waals surface area (Å²) in [6, 6.07) is 14.5. The Kier molecular flexibility index (Phi) is 2.45. The van der Waals surface area contributed by atoms with E-state index in [0.29, 0.717) is 5.75 Å². The zero-order valence-corrected chi connectivity index (χ0v) is 10.6. The predicted octanol–water partition coefficient (Wildman–Crippen LogP) is 2.63. The summed E-state index contributed by atoms with van der Waals surface area (Å²) in [6.45, 7) is 4.48. The Hall–Kier alpha value is -1.74. The van der Waals surface area contributed by atoms with Gasteiger partial charge in [-0.25, -0.2) is 0 Å². The predicted molar refractivity (Wildman–Crippen MR) is 74.0 cm³/mol. The third kappa shape index (κ3) is 1.47. The average molecular weight is 238 g/mol. The molecule has 0 fully saturated rings. The van der Waals surface area contributed by atoms with Crippen LogP contribution < -0.4 is 4.65 Å². The molecule has 0 saturated heterocycles. The maximum absolute atomic E-state index is 8.84. The second kappa shape index (κ2) is 3.89. The summed E-state index contributed by atoms with van der Waals surface area (Å²) < 4.78 is 5.17. The lowest BCUT2D eigenvalue weighted by Gasteiger charge is -2.21. The molecule has 0 heterocycles. The highest BCUT2D eigenvalue weighted by Crippen LogP contribution is 2.49. The van der Waals surface area contributed by atoms with Gasteiger partial charge in [0.25, 0.3) is 0 Å². The quantitative estimate of drug-likeness (QED) is 0.815. The number of rotatable bonds is 2. The van der Waals surface area contributed by atoms with Crippen molar-refractivity contribution in [3.63, 3.8) is 0 Å². The van der Waals surface area contributed by atoms with E-state index >= 15 is 0 Å². The molecule has 18 heavy (non-hydrogen) atoms. The van der Waals surface area contributed by atoms with Crippen LogP contribution in [0.1, 0.15) is 25.0 Å². The molecule has 0 aromatic heterocycles. The minimum absolute atomic E-state index is 0.0314. The van der Waals surface area contributed by atoms with Gasteiger partial charge in [0.2, 0.25) is 0 Å². The second-order valence-electron chi connectivity index (χ2n) is 5.15. The molecule has 2 nitrogen and oxygen atoms in total. The van der Waals surface area contributed by atoms with Crippen molar-refractivity contribution in [2.45, 2.75) is 19.3 Å². The van der Waals surface area contributed by atoms with E-state index < -0.39 is 0 Å². The van der Waals surface area contributed by atoms with Crippen molar-refractivity contribution in [2.24, 2.45) is 0 Å². The van der Waals surface area contributed by atoms with Crippen molar-refractivity contribution < 1.29 is 9.68 Å². The first-order chi connectivity index (χ1) is 8.64. The highest BCUT2D eigenvalue weighted by Gasteiger charge is 2.34. The zero-order chi connectivity index (χ0) is 12.8. The van der Waals surface area contributed by atoms with Crippen LogP contribution in [-0.2, 0) is 5.41 Å². The summed E-state index contributed by atoms with van der Waals surface area (Å²) in [6.07, 6.45) is 0. The van der Waals surface area contributed by atoms with E-state index in [1.165, 1.54) is 22.3 Å². The molecule has 1 aliphatic rings. The maximum Gasteiger partial charge on any atom is 0.504 e. The van der Waals surface area contributed by atoms with Crippen LogP contribution in [-0.4, -0.2) is 12.7 Å². The molecule has 3 heteroatoms. The normalized spacial score (nSPS) is 14.8. The fourth-order valence-electron chi connectivity index (χ4n) is 2.86. The van der Waals surface area contributed by atoms with Crippen LogP contribution in [0.5, 0.6) is 5.75 Å². The molecule has 3 rings (SSSR count). The Morgan fingerprint density at radius 1 is 1.00 bits per heavy atom.